The van der Waals surface area contributed by atoms with E-state index in [0.29, 0.717) is 12.3 Å². The fourth-order valence-electron chi connectivity index (χ4n) is 3.08. The molecule has 1 heterocycles. The minimum Gasteiger partial charge on any atom is -0.351 e. The summed E-state index contributed by atoms with van der Waals surface area (Å²) in [6.07, 6.45) is 0. The second kappa shape index (κ2) is 9.60. The number of thioether (sulfide) groups is 1. The van der Waals surface area contributed by atoms with E-state index in [4.69, 9.17) is 0 Å². The van der Waals surface area contributed by atoms with Crippen LogP contribution in [0.1, 0.15) is 33.6 Å². The average Bonchev–Trinajstić information content (AvgIpc) is 2.95. The van der Waals surface area contributed by atoms with Gasteiger partial charge in [0.15, 0.2) is 0 Å². The highest BCUT2D eigenvalue weighted by Crippen LogP contribution is 2.16. The summed E-state index contributed by atoms with van der Waals surface area (Å²) >= 11 is 1.64. The van der Waals surface area contributed by atoms with E-state index in [-0.39, 0.29) is 5.91 Å². The summed E-state index contributed by atoms with van der Waals surface area (Å²) < 4.78 is 2.01. The Kier molecular flexibility index (Phi) is 6.93. The van der Waals surface area contributed by atoms with Gasteiger partial charge in [-0.15, -0.1) is 11.8 Å². The molecule has 0 aliphatic rings. The van der Waals surface area contributed by atoms with Crippen molar-refractivity contribution in [1.82, 2.24) is 15.1 Å². The van der Waals surface area contributed by atoms with Crippen LogP contribution in [-0.4, -0.2) is 21.4 Å². The summed E-state index contributed by atoms with van der Waals surface area (Å²) in [6, 6.07) is 18.7. The van der Waals surface area contributed by atoms with E-state index >= 15 is 0 Å². The molecule has 0 aliphatic carbocycles. The van der Waals surface area contributed by atoms with E-state index in [1.807, 2.05) is 29.8 Å². The normalized spacial score (nSPS) is 10.8. The largest absolute Gasteiger partial charge is 0.351 e. The van der Waals surface area contributed by atoms with Gasteiger partial charge in [0.05, 0.1) is 18.0 Å². The summed E-state index contributed by atoms with van der Waals surface area (Å²) in [6.45, 7) is 7.42. The van der Waals surface area contributed by atoms with E-state index in [1.165, 1.54) is 16.7 Å². The second-order valence-corrected chi connectivity index (χ2v) is 8.03. The quantitative estimate of drug-likeness (QED) is 0.617. The molecule has 0 saturated carbocycles. The Morgan fingerprint density at radius 1 is 1.00 bits per heavy atom. The van der Waals surface area contributed by atoms with Crippen LogP contribution in [0.5, 0.6) is 0 Å². The van der Waals surface area contributed by atoms with Gasteiger partial charge in [0.2, 0.25) is 5.91 Å². The highest BCUT2D eigenvalue weighted by Gasteiger charge is 2.13. The number of hydrogen-bond acceptors (Lipinski definition) is 3. The standard InChI is InChI=1S/C23H27N3OS/c1-17-9-11-21(12-10-17)15-28-16-23(27)24-13-22-18(2)25-26(19(22)3)14-20-7-5-4-6-8-20/h4-12H,13-16H2,1-3H3,(H,24,27). The lowest BCUT2D eigenvalue weighted by Crippen LogP contribution is -2.25. The Balaban J connectivity index is 1.49. The number of hydrogen-bond donors (Lipinski definition) is 1. The van der Waals surface area contributed by atoms with Gasteiger partial charge in [-0.1, -0.05) is 60.2 Å². The summed E-state index contributed by atoms with van der Waals surface area (Å²) in [4.78, 5) is 12.2. The molecule has 0 radical (unpaired) electrons. The van der Waals surface area contributed by atoms with Crippen LogP contribution in [0.25, 0.3) is 0 Å². The molecular weight excluding hydrogens is 366 g/mol. The lowest BCUT2D eigenvalue weighted by Gasteiger charge is -2.08. The number of nitrogens with one attached hydrogen (secondary N) is 1. The van der Waals surface area contributed by atoms with Gasteiger partial charge in [-0.05, 0) is 31.9 Å². The maximum absolute atomic E-state index is 12.2. The number of nitrogens with zero attached hydrogens (tertiary/aromatic N) is 2. The first-order chi connectivity index (χ1) is 13.5. The van der Waals surface area contributed by atoms with Crippen LogP contribution in [0.4, 0.5) is 0 Å². The lowest BCUT2D eigenvalue weighted by molar-refractivity contribution is -0.118. The Labute approximate surface area is 171 Å². The van der Waals surface area contributed by atoms with Gasteiger partial charge >= 0.3 is 0 Å². The SMILES string of the molecule is Cc1ccc(CSCC(=O)NCc2c(C)nn(Cc3ccccc3)c2C)cc1. The van der Waals surface area contributed by atoms with Crippen LogP contribution in [0.15, 0.2) is 54.6 Å². The topological polar surface area (TPSA) is 46.9 Å². The molecule has 0 fully saturated rings. The van der Waals surface area contributed by atoms with Gasteiger partial charge in [0.25, 0.3) is 0 Å². The van der Waals surface area contributed by atoms with Crippen LogP contribution < -0.4 is 5.32 Å². The third kappa shape index (κ3) is 5.49. The van der Waals surface area contributed by atoms with Crippen molar-refractivity contribution < 1.29 is 4.79 Å². The van der Waals surface area contributed by atoms with Gasteiger partial charge in [0.1, 0.15) is 0 Å². The molecule has 3 rings (SSSR count). The number of benzene rings is 2. The Morgan fingerprint density at radius 2 is 1.71 bits per heavy atom. The van der Waals surface area contributed by atoms with Gasteiger partial charge in [-0.3, -0.25) is 9.48 Å². The summed E-state index contributed by atoms with van der Waals surface area (Å²) in [5.74, 6) is 1.37. The molecule has 1 N–H and O–H groups in total. The fraction of sp³-hybridized carbons (Fsp3) is 0.304. The number of carbonyl (C=O) groups excluding carboxylic acids is 1. The van der Waals surface area contributed by atoms with Crippen molar-refractivity contribution in [3.63, 3.8) is 0 Å². The van der Waals surface area contributed by atoms with E-state index in [2.05, 4.69) is 60.7 Å². The highest BCUT2D eigenvalue weighted by molar-refractivity contribution is 7.99. The van der Waals surface area contributed by atoms with Crippen molar-refractivity contribution in [1.29, 1.82) is 0 Å². The van der Waals surface area contributed by atoms with E-state index in [9.17, 15) is 4.79 Å². The average molecular weight is 394 g/mol. The number of carbonyl (C=O) groups is 1. The van der Waals surface area contributed by atoms with Crippen molar-refractivity contribution in [3.8, 4) is 0 Å². The van der Waals surface area contributed by atoms with Crippen molar-refractivity contribution in [2.45, 2.75) is 39.6 Å². The molecule has 5 heteroatoms. The van der Waals surface area contributed by atoms with Crippen LogP contribution >= 0.6 is 11.8 Å². The smallest absolute Gasteiger partial charge is 0.230 e. The predicted molar refractivity (Wildman–Crippen MR) is 116 cm³/mol. The molecule has 0 aliphatic heterocycles. The molecule has 2 aromatic carbocycles. The number of aryl methyl sites for hydroxylation is 2. The van der Waals surface area contributed by atoms with Crippen LogP contribution in [-0.2, 0) is 23.6 Å². The summed E-state index contributed by atoms with van der Waals surface area (Å²) in [5.41, 5.74) is 6.90. The maximum Gasteiger partial charge on any atom is 0.230 e. The van der Waals surface area contributed by atoms with Gasteiger partial charge in [0, 0.05) is 23.6 Å². The minimum atomic E-state index is 0.0618. The Hall–Kier alpha value is -2.53. The summed E-state index contributed by atoms with van der Waals surface area (Å²) in [7, 11) is 0. The van der Waals surface area contributed by atoms with E-state index in [0.717, 1.165) is 29.2 Å². The van der Waals surface area contributed by atoms with E-state index < -0.39 is 0 Å². The number of amides is 1. The molecule has 0 bridgehead atoms. The molecule has 3 aromatic rings. The van der Waals surface area contributed by atoms with E-state index in [1.54, 1.807) is 11.8 Å². The molecule has 28 heavy (non-hydrogen) atoms. The number of aromatic nitrogens is 2. The van der Waals surface area contributed by atoms with Crippen LogP contribution in [0.2, 0.25) is 0 Å². The monoisotopic (exact) mass is 393 g/mol. The zero-order valence-corrected chi connectivity index (χ0v) is 17.6. The molecule has 146 valence electrons. The lowest BCUT2D eigenvalue weighted by atomic mass is 10.2. The van der Waals surface area contributed by atoms with Gasteiger partial charge in [-0.25, -0.2) is 0 Å². The minimum absolute atomic E-state index is 0.0618. The van der Waals surface area contributed by atoms with Crippen molar-refractivity contribution in [3.05, 3.63) is 88.2 Å². The number of rotatable bonds is 8. The maximum atomic E-state index is 12.2. The zero-order chi connectivity index (χ0) is 19.9. The highest BCUT2D eigenvalue weighted by atomic mass is 32.2. The summed E-state index contributed by atoms with van der Waals surface area (Å²) in [5, 5.41) is 7.69. The molecule has 0 atom stereocenters. The Morgan fingerprint density at radius 3 is 2.43 bits per heavy atom. The first-order valence-electron chi connectivity index (χ1n) is 9.49. The second-order valence-electron chi connectivity index (χ2n) is 7.05. The molecule has 0 spiro atoms. The van der Waals surface area contributed by atoms with Crippen molar-refractivity contribution >= 4 is 17.7 Å². The predicted octanol–water partition coefficient (Wildman–Crippen LogP) is 4.41. The van der Waals surface area contributed by atoms with Gasteiger partial charge in [-0.2, -0.15) is 5.10 Å². The molecule has 0 unspecified atom stereocenters. The first-order valence-corrected chi connectivity index (χ1v) is 10.6. The van der Waals surface area contributed by atoms with Crippen molar-refractivity contribution in [2.24, 2.45) is 0 Å². The third-order valence-electron chi connectivity index (χ3n) is 4.79. The molecule has 1 amide bonds. The first kappa shape index (κ1) is 20.2. The molecule has 0 saturated heterocycles. The molecule has 1 aromatic heterocycles. The molecule has 4 nitrogen and oxygen atoms in total. The molecular formula is C23H27N3OS. The third-order valence-corrected chi connectivity index (χ3v) is 5.80. The van der Waals surface area contributed by atoms with Gasteiger partial charge < -0.3 is 5.32 Å². The van der Waals surface area contributed by atoms with Crippen molar-refractivity contribution in [2.75, 3.05) is 5.75 Å². The van der Waals surface area contributed by atoms with Crippen LogP contribution in [0.3, 0.4) is 0 Å². The van der Waals surface area contributed by atoms with Crippen LogP contribution in [0, 0.1) is 20.8 Å². The Bertz CT molecular complexity index is 917. The fourth-order valence-corrected chi connectivity index (χ4v) is 3.90. The zero-order valence-electron chi connectivity index (χ0n) is 16.7.